The predicted octanol–water partition coefficient (Wildman–Crippen LogP) is 7.15. The van der Waals surface area contributed by atoms with Crippen LogP contribution < -0.4 is 19.8 Å². The molecular formula is C35H23N3O5. The number of hydrogen-bond donors (Lipinski definition) is 0. The summed E-state index contributed by atoms with van der Waals surface area (Å²) in [6, 6.07) is 34.4. The van der Waals surface area contributed by atoms with Crippen LogP contribution in [-0.2, 0) is 6.61 Å². The molecule has 1 aliphatic heterocycles. The van der Waals surface area contributed by atoms with E-state index >= 15 is 0 Å². The lowest BCUT2D eigenvalue weighted by Crippen LogP contribution is -2.20. The van der Waals surface area contributed by atoms with Crippen molar-refractivity contribution in [2.45, 2.75) is 6.61 Å². The third-order valence-corrected chi connectivity index (χ3v) is 7.46. The summed E-state index contributed by atoms with van der Waals surface area (Å²) in [5, 5.41) is 8.03. The molecule has 7 aromatic rings. The molecule has 0 saturated heterocycles. The Hall–Kier alpha value is -5.89. The SMILES string of the molecule is O=c1c2ccccc2nc(-c2cc3ccccc3o2)n1N=Cc1c(OCc2ccc3c(c2)OCO3)ccc2ccccc12. The summed E-state index contributed by atoms with van der Waals surface area (Å²) < 4.78 is 24.7. The van der Waals surface area contributed by atoms with Gasteiger partial charge in [-0.05, 0) is 58.8 Å². The number of hydrogen-bond acceptors (Lipinski definition) is 7. The van der Waals surface area contributed by atoms with E-state index in [1.807, 2.05) is 103 Å². The number of ether oxygens (including phenoxy) is 3. The van der Waals surface area contributed by atoms with E-state index in [1.165, 1.54) is 4.68 Å². The van der Waals surface area contributed by atoms with Gasteiger partial charge in [0.15, 0.2) is 17.3 Å². The second-order valence-electron chi connectivity index (χ2n) is 10.1. The van der Waals surface area contributed by atoms with E-state index in [9.17, 15) is 4.79 Å². The van der Waals surface area contributed by atoms with Gasteiger partial charge in [0.1, 0.15) is 17.9 Å². The Balaban J connectivity index is 1.25. The first-order valence-electron chi connectivity index (χ1n) is 13.8. The molecule has 0 bridgehead atoms. The van der Waals surface area contributed by atoms with Crippen molar-refractivity contribution >= 4 is 38.9 Å². The maximum Gasteiger partial charge on any atom is 0.282 e. The van der Waals surface area contributed by atoms with Crippen molar-refractivity contribution in [3.05, 3.63) is 131 Å². The zero-order chi connectivity index (χ0) is 28.8. The van der Waals surface area contributed by atoms with Crippen LogP contribution in [0, 0.1) is 0 Å². The Kier molecular flexibility index (Phi) is 5.89. The lowest BCUT2D eigenvalue weighted by molar-refractivity contribution is 0.174. The van der Waals surface area contributed by atoms with Crippen LogP contribution in [0.1, 0.15) is 11.1 Å². The number of para-hydroxylation sites is 2. The fourth-order valence-corrected chi connectivity index (χ4v) is 5.32. The normalized spacial score (nSPS) is 12.6. The van der Waals surface area contributed by atoms with E-state index < -0.39 is 0 Å². The van der Waals surface area contributed by atoms with Crippen LogP contribution in [0.4, 0.5) is 0 Å². The van der Waals surface area contributed by atoms with Gasteiger partial charge in [-0.2, -0.15) is 9.78 Å². The van der Waals surface area contributed by atoms with Crippen LogP contribution >= 0.6 is 0 Å². The maximum atomic E-state index is 13.8. The molecular weight excluding hydrogens is 542 g/mol. The quantitative estimate of drug-likeness (QED) is 0.199. The predicted molar refractivity (Wildman–Crippen MR) is 165 cm³/mol. The highest BCUT2D eigenvalue weighted by atomic mass is 16.7. The summed E-state index contributed by atoms with van der Waals surface area (Å²) in [5.74, 6) is 2.78. The van der Waals surface area contributed by atoms with Crippen molar-refractivity contribution in [2.24, 2.45) is 5.10 Å². The van der Waals surface area contributed by atoms with Gasteiger partial charge < -0.3 is 18.6 Å². The van der Waals surface area contributed by atoms with Crippen LogP contribution in [0.25, 0.3) is 44.2 Å². The van der Waals surface area contributed by atoms with Crippen molar-refractivity contribution in [1.82, 2.24) is 9.66 Å². The minimum atomic E-state index is -0.305. The number of rotatable bonds is 6. The van der Waals surface area contributed by atoms with Gasteiger partial charge >= 0.3 is 0 Å². The molecule has 8 rings (SSSR count). The third-order valence-electron chi connectivity index (χ3n) is 7.46. The third kappa shape index (κ3) is 4.46. The number of aromatic nitrogens is 2. The Morgan fingerprint density at radius 2 is 1.60 bits per heavy atom. The van der Waals surface area contributed by atoms with E-state index in [4.69, 9.17) is 28.7 Å². The van der Waals surface area contributed by atoms with Gasteiger partial charge in [-0.3, -0.25) is 4.79 Å². The van der Waals surface area contributed by atoms with E-state index in [-0.39, 0.29) is 12.4 Å². The lowest BCUT2D eigenvalue weighted by atomic mass is 10.0. The first-order valence-corrected chi connectivity index (χ1v) is 13.8. The Morgan fingerprint density at radius 3 is 2.51 bits per heavy atom. The summed E-state index contributed by atoms with van der Waals surface area (Å²) >= 11 is 0. The molecule has 208 valence electrons. The van der Waals surface area contributed by atoms with E-state index in [2.05, 4.69) is 0 Å². The van der Waals surface area contributed by atoms with Crippen LogP contribution in [-0.4, -0.2) is 22.7 Å². The van der Waals surface area contributed by atoms with Crippen LogP contribution in [0.2, 0.25) is 0 Å². The number of benzene rings is 5. The molecule has 0 atom stereocenters. The molecule has 8 heteroatoms. The lowest BCUT2D eigenvalue weighted by Gasteiger charge is -2.13. The first-order chi connectivity index (χ1) is 21.2. The molecule has 1 aliphatic rings. The summed E-state index contributed by atoms with van der Waals surface area (Å²) in [7, 11) is 0. The summed E-state index contributed by atoms with van der Waals surface area (Å²) in [6.07, 6.45) is 1.65. The highest BCUT2D eigenvalue weighted by Crippen LogP contribution is 2.34. The second kappa shape index (κ2) is 10.2. The second-order valence-corrected chi connectivity index (χ2v) is 10.1. The molecule has 8 nitrogen and oxygen atoms in total. The maximum absolute atomic E-state index is 13.8. The average Bonchev–Trinajstić information content (AvgIpc) is 3.70. The smallest absolute Gasteiger partial charge is 0.282 e. The average molecular weight is 566 g/mol. The molecule has 0 fully saturated rings. The number of furan rings is 1. The number of nitrogens with zero attached hydrogens (tertiary/aromatic N) is 3. The molecule has 3 heterocycles. The van der Waals surface area contributed by atoms with Crippen molar-refractivity contribution in [2.75, 3.05) is 6.79 Å². The molecule has 43 heavy (non-hydrogen) atoms. The monoisotopic (exact) mass is 565 g/mol. The molecule has 0 N–H and O–H groups in total. The van der Waals surface area contributed by atoms with Gasteiger partial charge in [0.25, 0.3) is 5.56 Å². The molecule has 0 unspecified atom stereocenters. The largest absolute Gasteiger partial charge is 0.488 e. The van der Waals surface area contributed by atoms with Gasteiger partial charge in [-0.15, -0.1) is 0 Å². The zero-order valence-corrected chi connectivity index (χ0v) is 22.8. The van der Waals surface area contributed by atoms with Crippen molar-refractivity contribution in [1.29, 1.82) is 0 Å². The Bertz CT molecular complexity index is 2230. The minimum Gasteiger partial charge on any atom is -0.488 e. The molecule has 0 amide bonds. The van der Waals surface area contributed by atoms with Crippen LogP contribution in [0.3, 0.4) is 0 Å². The van der Waals surface area contributed by atoms with Crippen LogP contribution in [0.5, 0.6) is 17.2 Å². The molecule has 0 spiro atoms. The minimum absolute atomic E-state index is 0.212. The number of fused-ring (bicyclic) bond motifs is 4. The van der Waals surface area contributed by atoms with Crippen LogP contribution in [0.15, 0.2) is 124 Å². The Labute approximate surface area is 245 Å². The van der Waals surface area contributed by atoms with E-state index in [0.29, 0.717) is 46.2 Å². The van der Waals surface area contributed by atoms with Gasteiger partial charge in [0.2, 0.25) is 12.6 Å². The van der Waals surface area contributed by atoms with Crippen molar-refractivity contribution < 1.29 is 18.6 Å². The standard InChI is InChI=1S/C35H23N3O5/c39-35-26-10-4-5-11-28(26)37-34(33-18-24-8-2-6-12-29(24)43-33)38(35)36-19-27-25-9-3-1-7-23(25)14-16-30(27)40-20-22-13-15-31-32(17-22)42-21-41-31/h1-19H,20-21H2. The summed E-state index contributed by atoms with van der Waals surface area (Å²) in [5.41, 5.74) is 2.62. The van der Waals surface area contributed by atoms with Gasteiger partial charge in [-0.25, -0.2) is 4.98 Å². The fraction of sp³-hybridized carbons (Fsp3) is 0.0571. The van der Waals surface area contributed by atoms with Gasteiger partial charge in [0.05, 0.1) is 17.1 Å². The topological polar surface area (TPSA) is 88.1 Å². The molecule has 0 saturated carbocycles. The highest BCUT2D eigenvalue weighted by molar-refractivity contribution is 6.02. The fourth-order valence-electron chi connectivity index (χ4n) is 5.32. The summed E-state index contributed by atoms with van der Waals surface area (Å²) in [6.45, 7) is 0.515. The summed E-state index contributed by atoms with van der Waals surface area (Å²) in [4.78, 5) is 18.6. The highest BCUT2D eigenvalue weighted by Gasteiger charge is 2.18. The Morgan fingerprint density at radius 1 is 0.814 bits per heavy atom. The molecule has 2 aromatic heterocycles. The van der Waals surface area contributed by atoms with Gasteiger partial charge in [0, 0.05) is 10.9 Å². The molecule has 0 aliphatic carbocycles. The first kappa shape index (κ1) is 24.9. The zero-order valence-electron chi connectivity index (χ0n) is 22.8. The van der Waals surface area contributed by atoms with E-state index in [0.717, 1.165) is 33.0 Å². The van der Waals surface area contributed by atoms with E-state index in [1.54, 1.807) is 12.3 Å². The van der Waals surface area contributed by atoms with Crippen molar-refractivity contribution in [3.8, 4) is 28.8 Å². The molecule has 5 aromatic carbocycles. The molecule has 0 radical (unpaired) electrons. The van der Waals surface area contributed by atoms with Gasteiger partial charge in [-0.1, -0.05) is 66.7 Å². The van der Waals surface area contributed by atoms with Crippen molar-refractivity contribution in [3.63, 3.8) is 0 Å².